The molecule has 106 valence electrons. The maximum Gasteiger partial charge on any atom is 0.416 e. The van der Waals surface area contributed by atoms with Gasteiger partial charge in [0.25, 0.3) is 0 Å². The van der Waals surface area contributed by atoms with Crippen LogP contribution in [0.1, 0.15) is 5.56 Å². The molecule has 0 bridgehead atoms. The quantitative estimate of drug-likeness (QED) is 0.653. The lowest BCUT2D eigenvalue weighted by Crippen LogP contribution is -2.04. The SMILES string of the molecule is Nc1cccc(Oc2ccc(C(F)(F)F)cc2Br)c1Br. The average molecular weight is 411 g/mol. The summed E-state index contributed by atoms with van der Waals surface area (Å²) < 4.78 is 44.0. The van der Waals surface area contributed by atoms with Gasteiger partial charge >= 0.3 is 6.18 Å². The highest BCUT2D eigenvalue weighted by Crippen LogP contribution is 2.39. The van der Waals surface area contributed by atoms with E-state index in [1.165, 1.54) is 6.07 Å². The van der Waals surface area contributed by atoms with Crippen molar-refractivity contribution in [3.8, 4) is 11.5 Å². The molecule has 0 radical (unpaired) electrons. The number of hydrogen-bond donors (Lipinski definition) is 1. The van der Waals surface area contributed by atoms with Crippen LogP contribution in [0.15, 0.2) is 45.3 Å². The summed E-state index contributed by atoms with van der Waals surface area (Å²) in [5, 5.41) is 0. The summed E-state index contributed by atoms with van der Waals surface area (Å²) in [6.07, 6.45) is -4.39. The van der Waals surface area contributed by atoms with Crippen LogP contribution < -0.4 is 10.5 Å². The third kappa shape index (κ3) is 3.27. The lowest BCUT2D eigenvalue weighted by molar-refractivity contribution is -0.137. The van der Waals surface area contributed by atoms with Crippen LogP contribution in [0, 0.1) is 0 Å². The van der Waals surface area contributed by atoms with Crippen LogP contribution in [0.2, 0.25) is 0 Å². The number of rotatable bonds is 2. The van der Waals surface area contributed by atoms with E-state index in [0.29, 0.717) is 15.9 Å². The molecular weight excluding hydrogens is 403 g/mol. The maximum atomic E-state index is 12.6. The Hall–Kier alpha value is -1.21. The number of nitrogens with two attached hydrogens (primary N) is 1. The summed E-state index contributed by atoms with van der Waals surface area (Å²) in [5.41, 5.74) is 5.44. The minimum atomic E-state index is -4.39. The number of nitrogen functional groups attached to an aromatic ring is 1. The molecule has 2 rings (SSSR count). The minimum Gasteiger partial charge on any atom is -0.455 e. The van der Waals surface area contributed by atoms with E-state index >= 15 is 0 Å². The van der Waals surface area contributed by atoms with Gasteiger partial charge in [-0.1, -0.05) is 6.07 Å². The van der Waals surface area contributed by atoms with E-state index in [2.05, 4.69) is 31.9 Å². The largest absolute Gasteiger partial charge is 0.455 e. The average Bonchev–Trinajstić information content (AvgIpc) is 2.36. The molecule has 0 saturated carbocycles. The van der Waals surface area contributed by atoms with Crippen molar-refractivity contribution in [3.63, 3.8) is 0 Å². The molecule has 0 aliphatic rings. The first-order valence-corrected chi connectivity index (χ1v) is 6.96. The maximum absolute atomic E-state index is 12.6. The molecule has 2 aromatic carbocycles. The van der Waals surface area contributed by atoms with Crippen molar-refractivity contribution < 1.29 is 17.9 Å². The van der Waals surface area contributed by atoms with Crippen LogP contribution in [0.4, 0.5) is 18.9 Å². The van der Waals surface area contributed by atoms with Crippen molar-refractivity contribution in [1.29, 1.82) is 0 Å². The molecule has 0 fully saturated rings. The monoisotopic (exact) mass is 409 g/mol. The Morgan fingerprint density at radius 3 is 2.30 bits per heavy atom. The van der Waals surface area contributed by atoms with Crippen molar-refractivity contribution >= 4 is 37.5 Å². The van der Waals surface area contributed by atoms with Crippen LogP contribution in [0.3, 0.4) is 0 Å². The van der Waals surface area contributed by atoms with E-state index in [0.717, 1.165) is 12.1 Å². The fourth-order valence-electron chi connectivity index (χ4n) is 1.48. The lowest BCUT2D eigenvalue weighted by atomic mass is 10.2. The summed E-state index contributed by atoms with van der Waals surface area (Å²) in [6.45, 7) is 0. The predicted molar refractivity (Wildman–Crippen MR) is 77.8 cm³/mol. The van der Waals surface area contributed by atoms with Crippen molar-refractivity contribution in [2.45, 2.75) is 6.18 Å². The van der Waals surface area contributed by atoms with Gasteiger partial charge in [0.05, 0.1) is 14.5 Å². The molecule has 0 unspecified atom stereocenters. The van der Waals surface area contributed by atoms with Gasteiger partial charge in [0.1, 0.15) is 11.5 Å². The molecule has 0 saturated heterocycles. The van der Waals surface area contributed by atoms with Crippen LogP contribution in [0.25, 0.3) is 0 Å². The van der Waals surface area contributed by atoms with Gasteiger partial charge in [-0.2, -0.15) is 13.2 Å². The first-order valence-electron chi connectivity index (χ1n) is 5.37. The lowest BCUT2D eigenvalue weighted by Gasteiger charge is -2.12. The second-order valence-electron chi connectivity index (χ2n) is 3.90. The first kappa shape index (κ1) is 15.2. The van der Waals surface area contributed by atoms with E-state index in [9.17, 15) is 13.2 Å². The molecule has 0 aliphatic heterocycles. The van der Waals surface area contributed by atoms with Gasteiger partial charge in [-0.3, -0.25) is 0 Å². The van der Waals surface area contributed by atoms with Crippen LogP contribution in [-0.2, 0) is 6.18 Å². The molecule has 2 N–H and O–H groups in total. The Kier molecular flexibility index (Phi) is 4.29. The van der Waals surface area contributed by atoms with Crippen LogP contribution in [-0.4, -0.2) is 0 Å². The molecule has 0 aliphatic carbocycles. The highest BCUT2D eigenvalue weighted by Gasteiger charge is 2.31. The summed E-state index contributed by atoms with van der Waals surface area (Å²) in [5.74, 6) is 0.690. The molecule has 7 heteroatoms. The third-order valence-electron chi connectivity index (χ3n) is 2.47. The van der Waals surface area contributed by atoms with Crippen molar-refractivity contribution in [2.75, 3.05) is 5.73 Å². The zero-order valence-electron chi connectivity index (χ0n) is 9.84. The number of halogens is 5. The second kappa shape index (κ2) is 5.65. The first-order chi connectivity index (χ1) is 9.29. The number of anilines is 1. The van der Waals surface area contributed by atoms with E-state index in [1.54, 1.807) is 18.2 Å². The Bertz CT molecular complexity index is 644. The normalized spacial score (nSPS) is 11.4. The van der Waals surface area contributed by atoms with Crippen LogP contribution >= 0.6 is 31.9 Å². The van der Waals surface area contributed by atoms with E-state index < -0.39 is 11.7 Å². The van der Waals surface area contributed by atoms with Crippen molar-refractivity contribution in [2.24, 2.45) is 0 Å². The van der Waals surface area contributed by atoms with Gasteiger partial charge in [0.15, 0.2) is 0 Å². The molecule has 0 spiro atoms. The Morgan fingerprint density at radius 2 is 1.70 bits per heavy atom. The zero-order valence-corrected chi connectivity index (χ0v) is 13.0. The number of ether oxygens (including phenoxy) is 1. The Labute approximate surface area is 130 Å². The van der Waals surface area contributed by atoms with Crippen molar-refractivity contribution in [3.05, 3.63) is 50.9 Å². The van der Waals surface area contributed by atoms with E-state index in [1.807, 2.05) is 0 Å². The highest BCUT2D eigenvalue weighted by atomic mass is 79.9. The third-order valence-corrected chi connectivity index (χ3v) is 3.94. The summed E-state index contributed by atoms with van der Waals surface area (Å²) >= 11 is 6.33. The second-order valence-corrected chi connectivity index (χ2v) is 5.55. The molecule has 0 atom stereocenters. The highest BCUT2D eigenvalue weighted by molar-refractivity contribution is 9.11. The molecule has 0 heterocycles. The fraction of sp³-hybridized carbons (Fsp3) is 0.0769. The Morgan fingerprint density at radius 1 is 1.00 bits per heavy atom. The van der Waals surface area contributed by atoms with Crippen molar-refractivity contribution in [1.82, 2.24) is 0 Å². The molecular formula is C13H8Br2F3NO. The van der Waals surface area contributed by atoms with Gasteiger partial charge in [-0.05, 0) is 62.2 Å². The van der Waals surface area contributed by atoms with Gasteiger partial charge in [-0.15, -0.1) is 0 Å². The summed E-state index contributed by atoms with van der Waals surface area (Å²) in [6, 6.07) is 8.20. The van der Waals surface area contributed by atoms with Crippen LogP contribution in [0.5, 0.6) is 11.5 Å². The number of benzene rings is 2. The van der Waals surface area contributed by atoms with E-state index in [-0.39, 0.29) is 10.2 Å². The number of hydrogen-bond acceptors (Lipinski definition) is 2. The van der Waals surface area contributed by atoms with Gasteiger partial charge in [0.2, 0.25) is 0 Å². The molecule has 0 amide bonds. The van der Waals surface area contributed by atoms with E-state index in [4.69, 9.17) is 10.5 Å². The smallest absolute Gasteiger partial charge is 0.416 e. The fourth-order valence-corrected chi connectivity index (χ4v) is 2.29. The predicted octanol–water partition coefficient (Wildman–Crippen LogP) is 5.60. The summed E-state index contributed by atoms with van der Waals surface area (Å²) in [4.78, 5) is 0. The Balaban J connectivity index is 2.33. The molecule has 2 nitrogen and oxygen atoms in total. The summed E-state index contributed by atoms with van der Waals surface area (Å²) in [7, 11) is 0. The topological polar surface area (TPSA) is 35.2 Å². The minimum absolute atomic E-state index is 0.210. The number of alkyl halides is 3. The molecule has 0 aromatic heterocycles. The standard InChI is InChI=1S/C13H8Br2F3NO/c14-8-6-7(13(16,17)18)4-5-10(8)20-11-3-1-2-9(19)12(11)15/h1-6H,19H2. The zero-order chi connectivity index (χ0) is 14.9. The molecule has 20 heavy (non-hydrogen) atoms. The molecule has 2 aromatic rings. The van der Waals surface area contributed by atoms with Gasteiger partial charge < -0.3 is 10.5 Å². The van der Waals surface area contributed by atoms with Gasteiger partial charge in [0, 0.05) is 5.69 Å². The van der Waals surface area contributed by atoms with Gasteiger partial charge in [-0.25, -0.2) is 0 Å².